The van der Waals surface area contributed by atoms with Crippen molar-refractivity contribution in [1.29, 1.82) is 0 Å². The van der Waals surface area contributed by atoms with Crippen LogP contribution in [0.3, 0.4) is 0 Å². The smallest absolute Gasteiger partial charge is 0.313 e. The highest BCUT2D eigenvalue weighted by Gasteiger charge is 2.38. The summed E-state index contributed by atoms with van der Waals surface area (Å²) >= 11 is 0. The van der Waals surface area contributed by atoms with E-state index in [1.54, 1.807) is 23.1 Å². The van der Waals surface area contributed by atoms with Gasteiger partial charge in [0.15, 0.2) is 0 Å². The summed E-state index contributed by atoms with van der Waals surface area (Å²) in [5.74, 6) is 5.61. The first-order valence-electron chi connectivity index (χ1n) is 25.2. The summed E-state index contributed by atoms with van der Waals surface area (Å²) < 4.78 is 97.8. The highest BCUT2D eigenvalue weighted by atomic mass is 16.5. The Bertz CT molecular complexity index is 3650. The monoisotopic (exact) mass is 799 g/mol. The summed E-state index contributed by atoms with van der Waals surface area (Å²) in [7, 11) is 0. The molecule has 0 radical (unpaired) electrons. The summed E-state index contributed by atoms with van der Waals surface area (Å²) in [6.07, 6.45) is 7.20. The molecule has 0 bridgehead atoms. The molecule has 2 aromatic heterocycles. The lowest BCUT2D eigenvalue weighted by molar-refractivity contribution is 0.483. The molecule has 6 nitrogen and oxygen atoms in total. The zero-order valence-corrected chi connectivity index (χ0v) is 33.7. The average molecular weight is 800 g/mol. The number of hydrogen-bond acceptors (Lipinski definition) is 5. The minimum Gasteiger partial charge on any atom is -0.457 e. The molecule has 0 saturated carbocycles. The number of hydrogen-bond donors (Lipinski definition) is 0. The Morgan fingerprint density at radius 2 is 1.38 bits per heavy atom. The molecular weight excluding hydrogens is 745 g/mol. The quantitative estimate of drug-likeness (QED) is 0.150. The van der Waals surface area contributed by atoms with Crippen molar-refractivity contribution in [1.82, 2.24) is 14.4 Å². The van der Waals surface area contributed by atoms with E-state index in [2.05, 4.69) is 60.6 Å². The van der Waals surface area contributed by atoms with Gasteiger partial charge in [0, 0.05) is 34.8 Å². The van der Waals surface area contributed by atoms with E-state index in [1.807, 2.05) is 95.9 Å². The lowest BCUT2D eigenvalue weighted by Gasteiger charge is -2.39. The Labute approximate surface area is 371 Å². The summed E-state index contributed by atoms with van der Waals surface area (Å²) in [6, 6.07) is 28.8. The number of aromatic nitrogens is 2. The van der Waals surface area contributed by atoms with E-state index >= 15 is 0 Å². The molecule has 6 aromatic carbocycles. The van der Waals surface area contributed by atoms with Crippen molar-refractivity contribution < 1.29 is 18.4 Å². The van der Waals surface area contributed by atoms with E-state index in [1.165, 1.54) is 0 Å². The molecule has 0 saturated heterocycles. The Morgan fingerprint density at radius 1 is 0.656 bits per heavy atom. The molecular formula is C54H44BN5O. The van der Waals surface area contributed by atoms with E-state index in [0.29, 0.717) is 17.2 Å². The molecule has 3 aliphatic heterocycles. The zero-order chi connectivity index (χ0) is 49.8. The van der Waals surface area contributed by atoms with Crippen molar-refractivity contribution in [2.24, 2.45) is 0 Å². The molecule has 0 spiro atoms. The highest BCUT2D eigenvalue weighted by molar-refractivity contribution is 6.70. The van der Waals surface area contributed by atoms with Gasteiger partial charge in [-0.3, -0.25) is 4.57 Å². The van der Waals surface area contributed by atoms with Crippen molar-refractivity contribution in [3.63, 3.8) is 0 Å². The van der Waals surface area contributed by atoms with E-state index in [9.17, 15) is 5.48 Å². The van der Waals surface area contributed by atoms with Gasteiger partial charge in [0.05, 0.1) is 47.5 Å². The van der Waals surface area contributed by atoms with E-state index in [-0.39, 0.29) is 40.2 Å². The number of allylic oxidation sites excluding steroid dienone is 3. The molecule has 11 rings (SSSR count). The van der Waals surface area contributed by atoms with Crippen LogP contribution in [0, 0.1) is 0 Å². The molecule has 0 atom stereocenters. The minimum atomic E-state index is -0.627. The van der Waals surface area contributed by atoms with E-state index in [4.69, 9.17) is 17.9 Å². The lowest BCUT2D eigenvalue weighted by atomic mass is 9.55. The number of rotatable bonds is 7. The van der Waals surface area contributed by atoms with Crippen LogP contribution in [0.1, 0.15) is 51.2 Å². The molecule has 0 fully saturated rings. The van der Waals surface area contributed by atoms with Gasteiger partial charge in [-0.05, 0) is 94.6 Å². The minimum absolute atomic E-state index is 0.0847. The predicted octanol–water partition coefficient (Wildman–Crippen LogP) is 13.1. The van der Waals surface area contributed by atoms with Crippen LogP contribution >= 0.6 is 0 Å². The number of anilines is 3. The number of ether oxygens (including phenoxy) is 1. The fourth-order valence-corrected chi connectivity index (χ4v) is 8.59. The van der Waals surface area contributed by atoms with Gasteiger partial charge in [-0.25, -0.2) is 4.98 Å². The van der Waals surface area contributed by atoms with Gasteiger partial charge in [0.1, 0.15) is 24.0 Å². The topological polar surface area (TPSA) is 36.8 Å². The SMILES string of the molecule is [2H]c1c([2H])c([2H])c(C2=CB3C=CC=CN3C(c3c([2H])c([2H])c([2H])c([2H])c3[2H])=C2N2CN(c3cccc(Oc4ccc5c6ccccc6n(-c6cc(C(C)(C)C)ccn6)c5c4)c3)c3ccccc32)c([2H])c1[2H]. The molecule has 8 aromatic rings. The summed E-state index contributed by atoms with van der Waals surface area (Å²) in [4.78, 5) is 10.6. The lowest BCUT2D eigenvalue weighted by Crippen LogP contribution is -2.40. The van der Waals surface area contributed by atoms with Gasteiger partial charge >= 0.3 is 6.85 Å². The molecule has 0 aliphatic carbocycles. The largest absolute Gasteiger partial charge is 0.457 e. The van der Waals surface area contributed by atoms with Crippen LogP contribution in [0.25, 0.3) is 38.9 Å². The van der Waals surface area contributed by atoms with E-state index in [0.717, 1.165) is 44.6 Å². The van der Waals surface area contributed by atoms with Crippen molar-refractivity contribution in [3.05, 3.63) is 222 Å². The highest BCUT2D eigenvalue weighted by Crippen LogP contribution is 2.49. The second kappa shape index (κ2) is 14.6. The third-order valence-electron chi connectivity index (χ3n) is 11.4. The summed E-state index contributed by atoms with van der Waals surface area (Å²) in [5, 5.41) is 2.14. The standard InChI is InChI=1S/C54H44BN5O/c1-54(2,3)40-29-31-56-51(33-40)60-47-24-11-10-23-44(47)45-28-27-43(35-50(45)60)61-42-22-16-21-41(34-42)57-37-58(49-26-13-12-25-48(49)57)53-46(38-17-6-4-7-18-38)36-55-30-14-15-32-59(55)52(53)39-19-8-5-9-20-39/h4-36H,37H2,1-3H3/i4D,5D,6D,7D,8D,9D,17D,18D,19D,20D. The first-order valence-corrected chi connectivity index (χ1v) is 20.2. The maximum atomic E-state index is 9.28. The Kier molecular flexibility index (Phi) is 6.55. The van der Waals surface area contributed by atoms with Crippen LogP contribution in [-0.2, 0) is 5.41 Å². The Hall–Kier alpha value is -7.51. The van der Waals surface area contributed by atoms with Gasteiger partial charge in [-0.2, -0.15) is 0 Å². The third-order valence-corrected chi connectivity index (χ3v) is 11.4. The number of fused-ring (bicyclic) bond motifs is 5. The molecule has 0 unspecified atom stereocenters. The summed E-state index contributed by atoms with van der Waals surface area (Å²) in [6.45, 7) is 6.02. The number of para-hydroxylation sites is 3. The molecule has 7 heteroatoms. The first kappa shape index (κ1) is 27.3. The zero-order valence-electron chi connectivity index (χ0n) is 43.7. The van der Waals surface area contributed by atoms with Gasteiger partial charge < -0.3 is 19.3 Å². The van der Waals surface area contributed by atoms with Crippen LogP contribution in [0.2, 0.25) is 0 Å². The van der Waals surface area contributed by atoms with Gasteiger partial charge in [-0.15, -0.1) is 0 Å². The molecule has 61 heavy (non-hydrogen) atoms. The van der Waals surface area contributed by atoms with Crippen LogP contribution in [0.5, 0.6) is 11.5 Å². The first-order chi connectivity index (χ1) is 34.0. The molecule has 5 heterocycles. The number of nitrogens with zero attached hydrogens (tertiary/aromatic N) is 5. The number of benzene rings is 6. The fourth-order valence-electron chi connectivity index (χ4n) is 8.59. The maximum absolute atomic E-state index is 9.28. The van der Waals surface area contributed by atoms with Crippen LogP contribution in [-0.4, -0.2) is 27.9 Å². The average Bonchev–Trinajstić information content (AvgIpc) is 3.92. The normalized spacial score (nSPS) is 17.1. The van der Waals surface area contributed by atoms with Crippen LogP contribution in [0.15, 0.2) is 206 Å². The number of pyridine rings is 1. The molecule has 0 amide bonds. The Morgan fingerprint density at radius 3 is 2.18 bits per heavy atom. The molecule has 3 aliphatic rings. The van der Waals surface area contributed by atoms with E-state index < -0.39 is 67.3 Å². The second-order valence-corrected chi connectivity index (χ2v) is 16.2. The second-order valence-electron chi connectivity index (χ2n) is 16.2. The van der Waals surface area contributed by atoms with Gasteiger partial charge in [-0.1, -0.05) is 136 Å². The van der Waals surface area contributed by atoms with Gasteiger partial charge in [0.2, 0.25) is 0 Å². The predicted molar refractivity (Wildman–Crippen MR) is 253 cm³/mol. The van der Waals surface area contributed by atoms with Crippen LogP contribution < -0.4 is 14.5 Å². The Balaban J connectivity index is 1.05. The van der Waals surface area contributed by atoms with Crippen molar-refractivity contribution in [2.75, 3.05) is 16.5 Å². The van der Waals surface area contributed by atoms with Gasteiger partial charge in [0.25, 0.3) is 0 Å². The molecule has 0 N–H and O–H groups in total. The summed E-state index contributed by atoms with van der Waals surface area (Å²) in [5.41, 5.74) is 5.73. The van der Waals surface area contributed by atoms with Crippen LogP contribution in [0.4, 0.5) is 17.1 Å². The third kappa shape index (κ3) is 6.41. The van der Waals surface area contributed by atoms with Crippen molar-refractivity contribution in [2.45, 2.75) is 26.2 Å². The molecule has 294 valence electrons. The van der Waals surface area contributed by atoms with Crippen molar-refractivity contribution >= 4 is 57.0 Å². The van der Waals surface area contributed by atoms with Crippen molar-refractivity contribution in [3.8, 4) is 17.3 Å². The maximum Gasteiger partial charge on any atom is 0.313 e. The fraction of sp³-hybridized carbons (Fsp3) is 0.0926.